The van der Waals surface area contributed by atoms with Gasteiger partial charge >= 0.3 is 6.36 Å². The molecule has 1 aromatic heterocycles. The maximum absolute atomic E-state index is 12.8. The smallest absolute Gasteiger partial charge is 0.406 e. The van der Waals surface area contributed by atoms with Gasteiger partial charge in [-0.15, -0.1) is 13.2 Å². The summed E-state index contributed by atoms with van der Waals surface area (Å²) in [6, 6.07) is 6.44. The molecule has 1 atom stereocenters. The topological polar surface area (TPSA) is 46.9 Å². The number of benzene rings is 2. The van der Waals surface area contributed by atoms with E-state index in [1.807, 2.05) is 23.8 Å². The highest BCUT2D eigenvalue weighted by molar-refractivity contribution is 6.37. The van der Waals surface area contributed by atoms with Gasteiger partial charge in [0.1, 0.15) is 5.75 Å². The number of methoxy groups -OCH3 is 1. The summed E-state index contributed by atoms with van der Waals surface area (Å²) in [5.41, 5.74) is 4.53. The van der Waals surface area contributed by atoms with Crippen LogP contribution in [-0.2, 0) is 11.3 Å². The first-order valence-corrected chi connectivity index (χ1v) is 13.1. The van der Waals surface area contributed by atoms with Gasteiger partial charge in [-0.3, -0.25) is 0 Å². The molecule has 1 aliphatic heterocycles. The normalized spacial score (nSPS) is 15.8. The lowest BCUT2D eigenvalue weighted by atomic mass is 9.92. The maximum Gasteiger partial charge on any atom is 0.573 e. The van der Waals surface area contributed by atoms with Crippen molar-refractivity contribution in [2.24, 2.45) is 5.92 Å². The van der Waals surface area contributed by atoms with Gasteiger partial charge in [0, 0.05) is 60.0 Å². The van der Waals surface area contributed by atoms with Crippen LogP contribution in [0.15, 0.2) is 37.0 Å². The number of nitrogens with zero attached hydrogens (tertiary/aromatic N) is 2. The minimum atomic E-state index is -4.76. The van der Waals surface area contributed by atoms with Crippen LogP contribution in [0.25, 0.3) is 16.6 Å². The minimum Gasteiger partial charge on any atom is -0.406 e. The Labute approximate surface area is 230 Å². The van der Waals surface area contributed by atoms with Gasteiger partial charge < -0.3 is 24.0 Å². The van der Waals surface area contributed by atoms with Crippen molar-refractivity contribution < 1.29 is 27.8 Å². The number of rotatable bonds is 8. The van der Waals surface area contributed by atoms with E-state index in [-0.39, 0.29) is 5.75 Å². The summed E-state index contributed by atoms with van der Waals surface area (Å²) < 4.78 is 49.5. The van der Waals surface area contributed by atoms with Crippen LogP contribution >= 0.6 is 23.2 Å². The van der Waals surface area contributed by atoms with Crippen LogP contribution in [0, 0.1) is 19.8 Å². The monoisotopic (exact) mass is 570 g/mol. The molecule has 1 fully saturated rings. The number of hydrogen-bond acceptors (Lipinski definition) is 4. The third-order valence-electron chi connectivity index (χ3n) is 7.20. The van der Waals surface area contributed by atoms with E-state index in [0.717, 1.165) is 48.3 Å². The van der Waals surface area contributed by atoms with Crippen molar-refractivity contribution in [3.05, 3.63) is 69.3 Å². The second-order valence-corrected chi connectivity index (χ2v) is 10.6. The molecule has 1 unspecified atom stereocenters. The van der Waals surface area contributed by atoms with Gasteiger partial charge in [-0.2, -0.15) is 0 Å². The number of aryl methyl sites for hydroxylation is 2. The number of ether oxygens (including phenoxy) is 2. The van der Waals surface area contributed by atoms with Gasteiger partial charge in [-0.25, -0.2) is 0 Å². The molecule has 0 amide bonds. The standard InChI is InChI=1S/C28H31Cl2F3N2O3/c1-16-11-20(38-28(31,32)33)13-22-17(2)14-35(27(16)22)15-23-24(29)6-5-21(26(23)30)18(3)34-9-7-19(8-10-34)12-25(36)37-4/h5-6,11,13-14,19,25,36H,3,7-10,12,15H2,1-2,4H3. The van der Waals surface area contributed by atoms with E-state index >= 15 is 0 Å². The third-order valence-corrected chi connectivity index (χ3v) is 7.98. The van der Waals surface area contributed by atoms with Crippen molar-refractivity contribution in [3.63, 3.8) is 0 Å². The summed E-state index contributed by atoms with van der Waals surface area (Å²) >= 11 is 13.5. The Kier molecular flexibility index (Phi) is 8.57. The summed E-state index contributed by atoms with van der Waals surface area (Å²) in [5, 5.41) is 11.4. The summed E-state index contributed by atoms with van der Waals surface area (Å²) in [5.74, 6) is 0.124. The van der Waals surface area contributed by atoms with E-state index in [1.165, 1.54) is 19.2 Å². The summed E-state index contributed by atoms with van der Waals surface area (Å²) in [7, 11) is 1.50. The van der Waals surface area contributed by atoms with Crippen molar-refractivity contribution in [2.75, 3.05) is 20.2 Å². The highest BCUT2D eigenvalue weighted by atomic mass is 35.5. The number of alkyl halides is 3. The summed E-state index contributed by atoms with van der Waals surface area (Å²) in [6.07, 6.45) is -1.21. The molecule has 0 spiro atoms. The molecule has 5 nitrogen and oxygen atoms in total. The van der Waals surface area contributed by atoms with Gasteiger partial charge in [0.05, 0.1) is 17.1 Å². The number of halogens is 5. The van der Waals surface area contributed by atoms with Crippen LogP contribution in [-0.4, -0.2) is 47.4 Å². The minimum absolute atomic E-state index is 0.252. The Morgan fingerprint density at radius 1 is 1.16 bits per heavy atom. The van der Waals surface area contributed by atoms with Crippen LogP contribution in [0.2, 0.25) is 10.0 Å². The SMILES string of the molecule is C=C(c1ccc(Cl)c(Cn2cc(C)c3cc(OC(F)(F)F)cc(C)c32)c1Cl)N1CCC(CC(O)OC)CC1. The largest absolute Gasteiger partial charge is 0.573 e. The van der Waals surface area contributed by atoms with E-state index in [1.54, 1.807) is 13.0 Å². The molecule has 0 aliphatic carbocycles. The summed E-state index contributed by atoms with van der Waals surface area (Å²) in [6.45, 7) is 9.81. The fourth-order valence-corrected chi connectivity index (χ4v) is 5.84. The van der Waals surface area contributed by atoms with Gasteiger partial charge in [-0.05, 0) is 68.0 Å². The highest BCUT2D eigenvalue weighted by Gasteiger charge is 2.31. The number of piperidine rings is 1. The first-order chi connectivity index (χ1) is 17.9. The Morgan fingerprint density at radius 2 is 1.84 bits per heavy atom. The van der Waals surface area contributed by atoms with Crippen molar-refractivity contribution in [1.82, 2.24) is 9.47 Å². The zero-order chi connectivity index (χ0) is 27.8. The lowest BCUT2D eigenvalue weighted by Crippen LogP contribution is -2.33. The zero-order valence-corrected chi connectivity index (χ0v) is 23.1. The fraction of sp³-hybridized carbons (Fsp3) is 0.429. The van der Waals surface area contributed by atoms with E-state index in [9.17, 15) is 18.3 Å². The summed E-state index contributed by atoms with van der Waals surface area (Å²) in [4.78, 5) is 2.19. The van der Waals surface area contributed by atoms with Crippen LogP contribution in [0.3, 0.4) is 0 Å². The van der Waals surface area contributed by atoms with Crippen LogP contribution in [0.5, 0.6) is 5.75 Å². The van der Waals surface area contributed by atoms with Crippen LogP contribution in [0.1, 0.15) is 41.5 Å². The predicted molar refractivity (Wildman–Crippen MR) is 145 cm³/mol. The zero-order valence-electron chi connectivity index (χ0n) is 21.5. The Bertz CT molecular complexity index is 1330. The second-order valence-electron chi connectivity index (χ2n) is 9.81. The Hall–Kier alpha value is -2.39. The van der Waals surface area contributed by atoms with Crippen molar-refractivity contribution in [1.29, 1.82) is 0 Å². The van der Waals surface area contributed by atoms with Gasteiger partial charge in [0.15, 0.2) is 6.29 Å². The molecule has 0 saturated carbocycles. The average molecular weight is 571 g/mol. The van der Waals surface area contributed by atoms with Crippen molar-refractivity contribution in [2.45, 2.75) is 52.3 Å². The third kappa shape index (κ3) is 6.25. The van der Waals surface area contributed by atoms with E-state index in [0.29, 0.717) is 45.4 Å². The molecule has 0 bridgehead atoms. The number of aromatic nitrogens is 1. The van der Waals surface area contributed by atoms with E-state index < -0.39 is 12.7 Å². The molecule has 10 heteroatoms. The molecule has 38 heavy (non-hydrogen) atoms. The highest BCUT2D eigenvalue weighted by Crippen LogP contribution is 2.37. The first-order valence-electron chi connectivity index (χ1n) is 12.4. The Balaban J connectivity index is 1.59. The van der Waals surface area contributed by atoms with Gasteiger partial charge in [-0.1, -0.05) is 29.8 Å². The lowest BCUT2D eigenvalue weighted by molar-refractivity contribution is -0.274. The number of hydrogen-bond donors (Lipinski definition) is 1. The fourth-order valence-electron chi connectivity index (χ4n) is 5.24. The number of aliphatic hydroxyl groups is 1. The molecule has 3 aromatic rings. The number of fused-ring (bicyclic) bond motifs is 1. The van der Waals surface area contributed by atoms with E-state index in [4.69, 9.17) is 27.9 Å². The molecule has 206 valence electrons. The predicted octanol–water partition coefficient (Wildman–Crippen LogP) is 7.55. The molecule has 2 aromatic carbocycles. The molecule has 1 aliphatic rings. The molecule has 1 N–H and O–H groups in total. The molecule has 4 rings (SSSR count). The van der Waals surface area contributed by atoms with E-state index in [2.05, 4.69) is 16.2 Å². The molecule has 0 radical (unpaired) electrons. The number of aliphatic hydroxyl groups excluding tert-OH is 1. The quantitative estimate of drug-likeness (QED) is 0.284. The van der Waals surface area contributed by atoms with Gasteiger partial charge in [0.25, 0.3) is 0 Å². The molecule has 2 heterocycles. The second kappa shape index (κ2) is 11.4. The van der Waals surface area contributed by atoms with Crippen molar-refractivity contribution >= 4 is 39.8 Å². The maximum atomic E-state index is 12.8. The molecular formula is C28H31Cl2F3N2O3. The van der Waals surface area contributed by atoms with Crippen LogP contribution in [0.4, 0.5) is 13.2 Å². The van der Waals surface area contributed by atoms with Crippen LogP contribution < -0.4 is 4.74 Å². The Morgan fingerprint density at radius 3 is 2.47 bits per heavy atom. The molecule has 1 saturated heterocycles. The molecular weight excluding hydrogens is 540 g/mol. The average Bonchev–Trinajstić information content (AvgIpc) is 3.16. The lowest BCUT2D eigenvalue weighted by Gasteiger charge is -2.35. The number of likely N-dealkylation sites (tertiary alicyclic amines) is 1. The van der Waals surface area contributed by atoms with Gasteiger partial charge in [0.2, 0.25) is 0 Å². The first kappa shape index (κ1) is 28.6. The van der Waals surface area contributed by atoms with Crippen molar-refractivity contribution in [3.8, 4) is 5.75 Å².